The maximum Gasteiger partial charge on any atom is 0.134 e. The molecule has 0 N–H and O–H groups in total. The van der Waals surface area contributed by atoms with Crippen molar-refractivity contribution in [2.75, 3.05) is 13.2 Å². The first-order valence-electron chi connectivity index (χ1n) is 6.94. The van der Waals surface area contributed by atoms with Crippen LogP contribution in [0.2, 0.25) is 0 Å². The van der Waals surface area contributed by atoms with Crippen molar-refractivity contribution in [3.8, 4) is 0 Å². The smallest absolute Gasteiger partial charge is 0.134 e. The van der Waals surface area contributed by atoms with Gasteiger partial charge in [0, 0.05) is 12.8 Å². The van der Waals surface area contributed by atoms with Gasteiger partial charge in [-0.25, -0.2) is 0 Å². The van der Waals surface area contributed by atoms with Gasteiger partial charge in [-0.05, 0) is 12.8 Å². The van der Waals surface area contributed by atoms with Gasteiger partial charge < -0.3 is 9.47 Å². The van der Waals surface area contributed by atoms with Crippen LogP contribution in [0, 0.1) is 0 Å². The summed E-state index contributed by atoms with van der Waals surface area (Å²) in [4.78, 5) is 0. The standard InChI is InChI=1S/C14H24O2/c1-2-4-6-8-10-14-13(9-7-5-3-1)15-11-12-16-14/h1-12H2. The third-order valence-corrected chi connectivity index (χ3v) is 3.50. The van der Waals surface area contributed by atoms with Crippen LogP contribution in [0.3, 0.4) is 0 Å². The highest BCUT2D eigenvalue weighted by Gasteiger charge is 2.15. The summed E-state index contributed by atoms with van der Waals surface area (Å²) in [6.45, 7) is 1.50. The molecular weight excluding hydrogens is 200 g/mol. The topological polar surface area (TPSA) is 18.5 Å². The van der Waals surface area contributed by atoms with E-state index in [0.717, 1.165) is 37.6 Å². The molecule has 16 heavy (non-hydrogen) atoms. The van der Waals surface area contributed by atoms with Crippen LogP contribution in [-0.4, -0.2) is 13.2 Å². The molecule has 0 fully saturated rings. The van der Waals surface area contributed by atoms with Gasteiger partial charge in [-0.1, -0.05) is 38.5 Å². The van der Waals surface area contributed by atoms with Crippen LogP contribution in [0.4, 0.5) is 0 Å². The molecule has 1 aliphatic heterocycles. The average Bonchev–Trinajstić information content (AvgIpc) is 2.30. The lowest BCUT2D eigenvalue weighted by molar-refractivity contribution is 0.0515. The molecule has 0 unspecified atom stereocenters. The van der Waals surface area contributed by atoms with E-state index < -0.39 is 0 Å². The molecule has 92 valence electrons. The molecule has 0 bridgehead atoms. The first-order valence-corrected chi connectivity index (χ1v) is 6.94. The van der Waals surface area contributed by atoms with Crippen LogP contribution in [0.25, 0.3) is 0 Å². The van der Waals surface area contributed by atoms with E-state index in [1.54, 1.807) is 0 Å². The first-order chi connectivity index (χ1) is 7.97. The summed E-state index contributed by atoms with van der Waals surface area (Å²) in [6.07, 6.45) is 13.0. The fourth-order valence-corrected chi connectivity index (χ4v) is 2.55. The molecule has 0 atom stereocenters. The van der Waals surface area contributed by atoms with Gasteiger partial charge in [-0.15, -0.1) is 0 Å². The van der Waals surface area contributed by atoms with Crippen LogP contribution in [-0.2, 0) is 9.47 Å². The normalized spacial score (nSPS) is 24.5. The van der Waals surface area contributed by atoms with E-state index in [9.17, 15) is 0 Å². The summed E-state index contributed by atoms with van der Waals surface area (Å²) < 4.78 is 11.5. The fraction of sp³-hybridized carbons (Fsp3) is 0.857. The van der Waals surface area contributed by atoms with Gasteiger partial charge in [-0.2, -0.15) is 0 Å². The zero-order chi connectivity index (χ0) is 11.1. The van der Waals surface area contributed by atoms with Crippen molar-refractivity contribution in [1.29, 1.82) is 0 Å². The predicted molar refractivity (Wildman–Crippen MR) is 65.1 cm³/mol. The highest BCUT2D eigenvalue weighted by molar-refractivity contribution is 5.03. The van der Waals surface area contributed by atoms with Crippen LogP contribution in [0.1, 0.15) is 64.2 Å². The Hall–Kier alpha value is -0.660. The zero-order valence-corrected chi connectivity index (χ0v) is 10.3. The summed E-state index contributed by atoms with van der Waals surface area (Å²) in [7, 11) is 0. The summed E-state index contributed by atoms with van der Waals surface area (Å²) in [6, 6.07) is 0. The van der Waals surface area contributed by atoms with E-state index in [4.69, 9.17) is 9.47 Å². The van der Waals surface area contributed by atoms with Crippen LogP contribution >= 0.6 is 0 Å². The summed E-state index contributed by atoms with van der Waals surface area (Å²) >= 11 is 0. The van der Waals surface area contributed by atoms with Gasteiger partial charge in [0.1, 0.15) is 24.7 Å². The van der Waals surface area contributed by atoms with Gasteiger partial charge in [-0.3, -0.25) is 0 Å². The minimum atomic E-state index is 0.749. The van der Waals surface area contributed by atoms with Gasteiger partial charge >= 0.3 is 0 Å². The number of hydrogen-bond donors (Lipinski definition) is 0. The molecule has 0 radical (unpaired) electrons. The van der Waals surface area contributed by atoms with Crippen molar-refractivity contribution in [2.24, 2.45) is 0 Å². The highest BCUT2D eigenvalue weighted by atomic mass is 16.6. The monoisotopic (exact) mass is 224 g/mol. The van der Waals surface area contributed by atoms with E-state index in [-0.39, 0.29) is 0 Å². The van der Waals surface area contributed by atoms with Crippen molar-refractivity contribution in [1.82, 2.24) is 0 Å². The molecule has 1 heterocycles. The Labute approximate surface area is 99.0 Å². The fourth-order valence-electron chi connectivity index (χ4n) is 2.55. The number of rotatable bonds is 0. The molecule has 1 aliphatic carbocycles. The summed E-state index contributed by atoms with van der Waals surface area (Å²) in [5, 5.41) is 0. The average molecular weight is 224 g/mol. The van der Waals surface area contributed by atoms with Crippen LogP contribution < -0.4 is 0 Å². The lowest BCUT2D eigenvalue weighted by atomic mass is 10.0. The van der Waals surface area contributed by atoms with E-state index in [1.807, 2.05) is 0 Å². The third kappa shape index (κ3) is 3.73. The van der Waals surface area contributed by atoms with Gasteiger partial charge in [0.05, 0.1) is 0 Å². The SMILES string of the molecule is C1CCCCCC2=C(CCCC1)OCCO2. The second kappa shape index (κ2) is 6.82. The number of hydrogen-bond acceptors (Lipinski definition) is 2. The first kappa shape index (κ1) is 11.8. The molecule has 0 spiro atoms. The van der Waals surface area contributed by atoms with Gasteiger partial charge in [0.15, 0.2) is 0 Å². The second-order valence-electron chi connectivity index (χ2n) is 4.87. The summed E-state index contributed by atoms with van der Waals surface area (Å²) in [5.74, 6) is 2.32. The molecule has 2 rings (SSSR count). The molecule has 2 aliphatic rings. The van der Waals surface area contributed by atoms with Gasteiger partial charge in [0.25, 0.3) is 0 Å². The Morgan fingerprint density at radius 1 is 0.500 bits per heavy atom. The quantitative estimate of drug-likeness (QED) is 0.615. The van der Waals surface area contributed by atoms with Crippen molar-refractivity contribution in [2.45, 2.75) is 64.2 Å². The van der Waals surface area contributed by atoms with E-state index in [1.165, 1.54) is 51.4 Å². The molecule has 0 amide bonds. The molecule has 2 heteroatoms. The maximum absolute atomic E-state index is 5.74. The molecular formula is C14H24O2. The lowest BCUT2D eigenvalue weighted by Crippen LogP contribution is -2.14. The van der Waals surface area contributed by atoms with Gasteiger partial charge in [0.2, 0.25) is 0 Å². The lowest BCUT2D eigenvalue weighted by Gasteiger charge is -2.22. The largest absolute Gasteiger partial charge is 0.491 e. The Bertz CT molecular complexity index is 209. The molecule has 0 saturated heterocycles. The van der Waals surface area contributed by atoms with E-state index in [2.05, 4.69) is 0 Å². The molecule has 0 aromatic rings. The minimum Gasteiger partial charge on any atom is -0.491 e. The summed E-state index contributed by atoms with van der Waals surface area (Å²) in [5.41, 5.74) is 0. The van der Waals surface area contributed by atoms with E-state index in [0.29, 0.717) is 0 Å². The van der Waals surface area contributed by atoms with Crippen LogP contribution in [0.15, 0.2) is 11.5 Å². The Balaban J connectivity index is 1.91. The number of allylic oxidation sites excluding steroid dienone is 2. The Morgan fingerprint density at radius 3 is 1.31 bits per heavy atom. The highest BCUT2D eigenvalue weighted by Crippen LogP contribution is 2.25. The minimum absolute atomic E-state index is 0.749. The molecule has 2 nitrogen and oxygen atoms in total. The van der Waals surface area contributed by atoms with Crippen molar-refractivity contribution in [3.63, 3.8) is 0 Å². The second-order valence-corrected chi connectivity index (χ2v) is 4.87. The number of ether oxygens (including phenoxy) is 2. The van der Waals surface area contributed by atoms with Crippen LogP contribution in [0.5, 0.6) is 0 Å². The van der Waals surface area contributed by atoms with Crippen molar-refractivity contribution >= 4 is 0 Å². The maximum atomic E-state index is 5.74. The molecule has 0 saturated carbocycles. The Morgan fingerprint density at radius 2 is 0.875 bits per heavy atom. The van der Waals surface area contributed by atoms with E-state index >= 15 is 0 Å². The molecule has 0 aromatic heterocycles. The molecule has 0 aromatic carbocycles. The van der Waals surface area contributed by atoms with Crippen molar-refractivity contribution < 1.29 is 9.47 Å². The third-order valence-electron chi connectivity index (χ3n) is 3.50. The predicted octanol–water partition coefficient (Wildman–Crippen LogP) is 4.16. The zero-order valence-electron chi connectivity index (χ0n) is 10.3. The van der Waals surface area contributed by atoms with Crippen molar-refractivity contribution in [3.05, 3.63) is 11.5 Å². The Kier molecular flexibility index (Phi) is 5.04.